The number of nitrogens with zero attached hydrogens (tertiary/aromatic N) is 1. The summed E-state index contributed by atoms with van der Waals surface area (Å²) in [6.45, 7) is 7.03. The highest BCUT2D eigenvalue weighted by Crippen LogP contribution is 2.48. The van der Waals surface area contributed by atoms with Crippen LogP contribution in [0.1, 0.15) is 52.9 Å². The molecule has 2 aliphatic carbocycles. The van der Waals surface area contributed by atoms with E-state index in [1.54, 1.807) is 0 Å². The zero-order valence-electron chi connectivity index (χ0n) is 11.3. The fourth-order valence-electron chi connectivity index (χ4n) is 3.28. The summed E-state index contributed by atoms with van der Waals surface area (Å²) < 4.78 is 0. The summed E-state index contributed by atoms with van der Waals surface area (Å²) in [7, 11) is 0. The second kappa shape index (κ2) is 3.91. The molecule has 0 aromatic rings. The third-order valence-electron chi connectivity index (χ3n) is 4.68. The van der Waals surface area contributed by atoms with Crippen LogP contribution in [0.4, 0.5) is 0 Å². The molecular formula is C14H24N2S. The van der Waals surface area contributed by atoms with Crippen LogP contribution in [-0.4, -0.2) is 22.5 Å². The molecular weight excluding hydrogens is 228 g/mol. The van der Waals surface area contributed by atoms with Gasteiger partial charge in [-0.2, -0.15) is 0 Å². The van der Waals surface area contributed by atoms with Gasteiger partial charge >= 0.3 is 0 Å². The van der Waals surface area contributed by atoms with Crippen molar-refractivity contribution in [1.29, 1.82) is 0 Å². The van der Waals surface area contributed by atoms with E-state index in [-0.39, 0.29) is 0 Å². The van der Waals surface area contributed by atoms with Gasteiger partial charge in [-0.1, -0.05) is 45.4 Å². The van der Waals surface area contributed by atoms with Crippen molar-refractivity contribution in [2.24, 2.45) is 16.3 Å². The zero-order chi connectivity index (χ0) is 12.1. The molecule has 0 aromatic carbocycles. The highest BCUT2D eigenvalue weighted by atomic mass is 32.2. The molecule has 0 bridgehead atoms. The summed E-state index contributed by atoms with van der Waals surface area (Å²) in [5.74, 6) is 2.12. The van der Waals surface area contributed by atoms with E-state index in [1.165, 1.54) is 43.0 Å². The Balaban J connectivity index is 1.65. The molecule has 1 saturated heterocycles. The third kappa shape index (κ3) is 2.35. The third-order valence-corrected chi connectivity index (χ3v) is 5.86. The Kier molecular flexibility index (Phi) is 2.73. The SMILES string of the molecule is CC1CCCC2(CSC(=NC3CC3(C)C)N2)C1. The van der Waals surface area contributed by atoms with E-state index in [0.717, 1.165) is 5.92 Å². The Morgan fingerprint density at radius 2 is 2.12 bits per heavy atom. The number of rotatable bonds is 1. The topological polar surface area (TPSA) is 24.4 Å². The lowest BCUT2D eigenvalue weighted by atomic mass is 9.78. The van der Waals surface area contributed by atoms with Crippen LogP contribution in [0.3, 0.4) is 0 Å². The number of hydrogen-bond donors (Lipinski definition) is 1. The highest BCUT2D eigenvalue weighted by Gasteiger charge is 2.47. The Hall–Kier alpha value is -0.180. The normalized spacial score (nSPS) is 46.2. The molecule has 1 heterocycles. The molecule has 0 aromatic heterocycles. The molecule has 1 spiro atoms. The number of nitrogens with one attached hydrogen (secondary N) is 1. The monoisotopic (exact) mass is 252 g/mol. The Morgan fingerprint density at radius 1 is 1.35 bits per heavy atom. The number of hydrogen-bond acceptors (Lipinski definition) is 2. The molecule has 3 heteroatoms. The predicted molar refractivity (Wildman–Crippen MR) is 75.6 cm³/mol. The van der Waals surface area contributed by atoms with E-state index < -0.39 is 0 Å². The van der Waals surface area contributed by atoms with E-state index in [4.69, 9.17) is 4.99 Å². The number of thioether (sulfide) groups is 1. The maximum Gasteiger partial charge on any atom is 0.157 e. The van der Waals surface area contributed by atoms with Gasteiger partial charge < -0.3 is 5.32 Å². The minimum absolute atomic E-state index is 0.389. The van der Waals surface area contributed by atoms with Crippen LogP contribution in [0.25, 0.3) is 0 Å². The predicted octanol–water partition coefficient (Wildman–Crippen LogP) is 3.43. The second-order valence-corrected chi connectivity index (χ2v) is 8.00. The Labute approximate surface area is 109 Å². The summed E-state index contributed by atoms with van der Waals surface area (Å²) in [5.41, 5.74) is 0.852. The maximum absolute atomic E-state index is 4.88. The number of amidine groups is 1. The van der Waals surface area contributed by atoms with Crippen molar-refractivity contribution in [2.45, 2.75) is 64.5 Å². The van der Waals surface area contributed by atoms with Crippen molar-refractivity contribution in [2.75, 3.05) is 5.75 Å². The van der Waals surface area contributed by atoms with Gasteiger partial charge in [-0.05, 0) is 30.6 Å². The molecule has 3 fully saturated rings. The van der Waals surface area contributed by atoms with Crippen LogP contribution < -0.4 is 5.32 Å². The second-order valence-electron chi connectivity index (χ2n) is 7.04. The standard InChI is InChI=1S/C14H24N2S/c1-10-5-4-6-14(7-10)9-17-12(16-14)15-11-8-13(11,2)3/h10-11H,4-9H2,1-3H3,(H,15,16). The van der Waals surface area contributed by atoms with Gasteiger partial charge in [0.2, 0.25) is 0 Å². The van der Waals surface area contributed by atoms with Gasteiger partial charge in [0.1, 0.15) is 0 Å². The molecule has 1 aliphatic heterocycles. The van der Waals surface area contributed by atoms with Gasteiger partial charge in [-0.3, -0.25) is 4.99 Å². The first kappa shape index (κ1) is 11.9. The average Bonchev–Trinajstić information content (AvgIpc) is 2.66. The van der Waals surface area contributed by atoms with Crippen molar-refractivity contribution in [3.8, 4) is 0 Å². The molecule has 3 atom stereocenters. The van der Waals surface area contributed by atoms with Crippen molar-refractivity contribution in [3.05, 3.63) is 0 Å². The fraction of sp³-hybridized carbons (Fsp3) is 0.929. The van der Waals surface area contributed by atoms with Crippen LogP contribution in [-0.2, 0) is 0 Å². The molecule has 96 valence electrons. The zero-order valence-corrected chi connectivity index (χ0v) is 12.1. The van der Waals surface area contributed by atoms with Gasteiger partial charge in [-0.25, -0.2) is 0 Å². The van der Waals surface area contributed by atoms with Crippen LogP contribution in [0.2, 0.25) is 0 Å². The van der Waals surface area contributed by atoms with Crippen LogP contribution in [0, 0.1) is 11.3 Å². The Morgan fingerprint density at radius 3 is 2.76 bits per heavy atom. The molecule has 3 unspecified atom stereocenters. The van der Waals surface area contributed by atoms with Crippen molar-refractivity contribution >= 4 is 16.9 Å². The Bertz CT molecular complexity index is 350. The average molecular weight is 252 g/mol. The van der Waals surface area contributed by atoms with Crippen molar-refractivity contribution in [1.82, 2.24) is 5.32 Å². The molecule has 3 aliphatic rings. The minimum Gasteiger partial charge on any atom is -0.359 e. The molecule has 1 N–H and O–H groups in total. The summed E-state index contributed by atoms with van der Waals surface area (Å²) in [6.07, 6.45) is 6.75. The molecule has 0 radical (unpaired) electrons. The minimum atomic E-state index is 0.389. The fourth-order valence-corrected chi connectivity index (χ4v) is 4.52. The first-order valence-electron chi connectivity index (χ1n) is 6.98. The molecule has 0 amide bonds. The van der Waals surface area contributed by atoms with E-state index in [0.29, 0.717) is 17.0 Å². The smallest absolute Gasteiger partial charge is 0.157 e. The molecule has 2 nitrogen and oxygen atoms in total. The maximum atomic E-state index is 4.88. The molecule has 3 rings (SSSR count). The van der Waals surface area contributed by atoms with E-state index in [1.807, 2.05) is 11.8 Å². The highest BCUT2D eigenvalue weighted by molar-refractivity contribution is 8.14. The summed E-state index contributed by atoms with van der Waals surface area (Å²) in [5, 5.41) is 4.99. The number of aliphatic imine (C=N–C) groups is 1. The van der Waals surface area contributed by atoms with Crippen LogP contribution in [0.5, 0.6) is 0 Å². The van der Waals surface area contributed by atoms with E-state index >= 15 is 0 Å². The van der Waals surface area contributed by atoms with Crippen LogP contribution in [0.15, 0.2) is 4.99 Å². The van der Waals surface area contributed by atoms with E-state index in [9.17, 15) is 0 Å². The van der Waals surface area contributed by atoms with Crippen molar-refractivity contribution in [3.63, 3.8) is 0 Å². The lowest BCUT2D eigenvalue weighted by Crippen LogP contribution is -2.47. The van der Waals surface area contributed by atoms with Gasteiger partial charge in [0.05, 0.1) is 6.04 Å². The summed E-state index contributed by atoms with van der Waals surface area (Å²) in [6, 6.07) is 0.577. The lowest BCUT2D eigenvalue weighted by molar-refractivity contribution is 0.242. The molecule has 2 saturated carbocycles. The first-order chi connectivity index (χ1) is 7.99. The first-order valence-corrected chi connectivity index (χ1v) is 7.97. The summed E-state index contributed by atoms with van der Waals surface area (Å²) >= 11 is 1.96. The molecule has 17 heavy (non-hydrogen) atoms. The van der Waals surface area contributed by atoms with Crippen LogP contribution >= 0.6 is 11.8 Å². The lowest BCUT2D eigenvalue weighted by Gasteiger charge is -2.36. The summed E-state index contributed by atoms with van der Waals surface area (Å²) in [4.78, 5) is 4.88. The van der Waals surface area contributed by atoms with Gasteiger partial charge in [0, 0.05) is 11.3 Å². The quantitative estimate of drug-likeness (QED) is 0.773. The van der Waals surface area contributed by atoms with Gasteiger partial charge in [0.25, 0.3) is 0 Å². The van der Waals surface area contributed by atoms with E-state index in [2.05, 4.69) is 26.1 Å². The van der Waals surface area contributed by atoms with Gasteiger partial charge in [0.15, 0.2) is 5.17 Å². The van der Waals surface area contributed by atoms with Crippen molar-refractivity contribution < 1.29 is 0 Å². The largest absolute Gasteiger partial charge is 0.359 e. The van der Waals surface area contributed by atoms with Gasteiger partial charge in [-0.15, -0.1) is 0 Å².